The van der Waals surface area contributed by atoms with Crippen LogP contribution in [0.2, 0.25) is 0 Å². The summed E-state index contributed by atoms with van der Waals surface area (Å²) >= 11 is 3.07. The van der Waals surface area contributed by atoms with Crippen LogP contribution in [0.4, 0.5) is 4.79 Å². The van der Waals surface area contributed by atoms with E-state index >= 15 is 0 Å². The molecule has 0 fully saturated rings. The summed E-state index contributed by atoms with van der Waals surface area (Å²) in [6.45, 7) is 3.12. The summed E-state index contributed by atoms with van der Waals surface area (Å²) in [5, 5.41) is 3.93. The largest absolute Gasteiger partial charge is 0.452 e. The number of nitrogens with zero attached hydrogens (tertiary/aromatic N) is 1. The first-order valence-electron chi connectivity index (χ1n) is 7.76. The van der Waals surface area contributed by atoms with Crippen molar-refractivity contribution >= 4 is 41.1 Å². The Morgan fingerprint density at radius 3 is 2.69 bits per heavy atom. The van der Waals surface area contributed by atoms with Crippen LogP contribution in [-0.2, 0) is 20.0 Å². The number of amides is 2. The first-order chi connectivity index (χ1) is 12.5. The number of carbonyl (C=O) groups excluding carboxylic acids is 3. The number of hydrogen-bond donors (Lipinski definition) is 1. The SMILES string of the molecule is CCOC(=O)NC(=O)COC(=O)c1ccccc1CSc1nc(C)cs1. The van der Waals surface area contributed by atoms with Gasteiger partial charge in [-0.1, -0.05) is 30.0 Å². The van der Waals surface area contributed by atoms with Crippen molar-refractivity contribution in [3.63, 3.8) is 0 Å². The van der Waals surface area contributed by atoms with Crippen LogP contribution in [0.15, 0.2) is 34.0 Å². The van der Waals surface area contributed by atoms with Gasteiger partial charge in [0.15, 0.2) is 6.61 Å². The highest BCUT2D eigenvalue weighted by atomic mass is 32.2. The second kappa shape index (κ2) is 9.93. The fraction of sp³-hybridized carbons (Fsp3) is 0.294. The molecule has 138 valence electrons. The Morgan fingerprint density at radius 2 is 2.00 bits per heavy atom. The van der Waals surface area contributed by atoms with Gasteiger partial charge in [0.05, 0.1) is 12.2 Å². The average Bonchev–Trinajstić information content (AvgIpc) is 3.03. The summed E-state index contributed by atoms with van der Waals surface area (Å²) < 4.78 is 10.5. The monoisotopic (exact) mass is 394 g/mol. The van der Waals surface area contributed by atoms with E-state index in [9.17, 15) is 14.4 Å². The van der Waals surface area contributed by atoms with E-state index in [4.69, 9.17) is 4.74 Å². The zero-order chi connectivity index (χ0) is 18.9. The predicted octanol–water partition coefficient (Wildman–Crippen LogP) is 3.17. The van der Waals surface area contributed by atoms with E-state index in [2.05, 4.69) is 9.72 Å². The zero-order valence-electron chi connectivity index (χ0n) is 14.3. The van der Waals surface area contributed by atoms with E-state index in [-0.39, 0.29) is 6.61 Å². The molecular weight excluding hydrogens is 376 g/mol. The maximum Gasteiger partial charge on any atom is 0.413 e. The lowest BCUT2D eigenvalue weighted by Gasteiger charge is -2.09. The minimum Gasteiger partial charge on any atom is -0.452 e. The number of nitrogens with one attached hydrogen (secondary N) is 1. The molecule has 0 aliphatic carbocycles. The molecule has 2 rings (SSSR count). The molecule has 7 nitrogen and oxygen atoms in total. The molecular formula is C17H18N2O5S2. The molecule has 26 heavy (non-hydrogen) atoms. The Kier molecular flexibility index (Phi) is 7.61. The van der Waals surface area contributed by atoms with Gasteiger partial charge in [-0.15, -0.1) is 11.3 Å². The Bertz CT molecular complexity index is 791. The van der Waals surface area contributed by atoms with Gasteiger partial charge >= 0.3 is 12.1 Å². The van der Waals surface area contributed by atoms with Crippen LogP contribution in [-0.4, -0.2) is 36.2 Å². The highest BCUT2D eigenvalue weighted by molar-refractivity contribution is 8.00. The highest BCUT2D eigenvalue weighted by Gasteiger charge is 2.16. The van der Waals surface area contributed by atoms with Crippen LogP contribution < -0.4 is 5.32 Å². The Labute approximate surface area is 159 Å². The summed E-state index contributed by atoms with van der Waals surface area (Å²) in [6.07, 6.45) is -0.871. The highest BCUT2D eigenvalue weighted by Crippen LogP contribution is 2.27. The molecule has 2 amide bonds. The van der Waals surface area contributed by atoms with Gasteiger partial charge in [-0.25, -0.2) is 14.6 Å². The maximum absolute atomic E-state index is 12.3. The molecule has 1 aromatic carbocycles. The summed E-state index contributed by atoms with van der Waals surface area (Å²) in [5.41, 5.74) is 2.11. The standard InChI is InChI=1S/C17H18N2O5S2/c1-3-23-16(22)19-14(20)8-24-15(21)13-7-5-4-6-12(13)10-26-17-18-11(2)9-25-17/h4-7,9H,3,8,10H2,1-2H3,(H,19,20,22). The fourth-order valence-corrected chi connectivity index (χ4v) is 3.76. The van der Waals surface area contributed by atoms with Crippen LogP contribution >= 0.6 is 23.1 Å². The van der Waals surface area contributed by atoms with Gasteiger partial charge in [-0.3, -0.25) is 10.1 Å². The van der Waals surface area contributed by atoms with Crippen LogP contribution in [0.25, 0.3) is 0 Å². The minimum atomic E-state index is -0.871. The van der Waals surface area contributed by atoms with Crippen molar-refractivity contribution in [1.82, 2.24) is 10.3 Å². The third-order valence-electron chi connectivity index (χ3n) is 3.04. The number of aromatic nitrogens is 1. The number of alkyl carbamates (subject to hydrolysis) is 1. The number of hydrogen-bond acceptors (Lipinski definition) is 8. The van der Waals surface area contributed by atoms with Crippen LogP contribution in [0.5, 0.6) is 0 Å². The number of carbonyl (C=O) groups is 3. The number of thioether (sulfide) groups is 1. The molecule has 2 aromatic rings. The van der Waals surface area contributed by atoms with Gasteiger partial charge in [0.2, 0.25) is 0 Å². The van der Waals surface area contributed by atoms with E-state index in [1.165, 1.54) is 11.8 Å². The number of esters is 1. The lowest BCUT2D eigenvalue weighted by Crippen LogP contribution is -2.34. The maximum atomic E-state index is 12.3. The molecule has 0 saturated carbocycles. The molecule has 0 atom stereocenters. The van der Waals surface area contributed by atoms with Crippen LogP contribution in [0.1, 0.15) is 28.5 Å². The quantitative estimate of drug-likeness (QED) is 0.569. The number of ether oxygens (including phenoxy) is 2. The second-order valence-electron chi connectivity index (χ2n) is 5.05. The normalized spacial score (nSPS) is 10.2. The molecule has 0 aliphatic rings. The zero-order valence-corrected chi connectivity index (χ0v) is 15.9. The van der Waals surface area contributed by atoms with Gasteiger partial charge in [-0.2, -0.15) is 0 Å². The first kappa shape index (κ1) is 19.9. The van der Waals surface area contributed by atoms with Crippen molar-refractivity contribution in [1.29, 1.82) is 0 Å². The van der Waals surface area contributed by atoms with Gasteiger partial charge in [0.25, 0.3) is 5.91 Å². The summed E-state index contributed by atoms with van der Waals surface area (Å²) in [6, 6.07) is 7.00. The van der Waals surface area contributed by atoms with Gasteiger partial charge in [-0.05, 0) is 25.5 Å². The predicted molar refractivity (Wildman–Crippen MR) is 98.3 cm³/mol. The van der Waals surface area contributed by atoms with Gasteiger partial charge < -0.3 is 9.47 Å². The van der Waals surface area contributed by atoms with Crippen molar-refractivity contribution in [2.45, 2.75) is 23.9 Å². The molecule has 1 aromatic heterocycles. The lowest BCUT2D eigenvalue weighted by atomic mass is 10.1. The topological polar surface area (TPSA) is 94.6 Å². The summed E-state index contributed by atoms with van der Waals surface area (Å²) in [5.74, 6) is -0.829. The first-order valence-corrected chi connectivity index (χ1v) is 9.62. The second-order valence-corrected chi connectivity index (χ2v) is 7.13. The molecule has 9 heteroatoms. The average molecular weight is 394 g/mol. The Morgan fingerprint density at radius 1 is 1.23 bits per heavy atom. The molecule has 0 bridgehead atoms. The van der Waals surface area contributed by atoms with Crippen molar-refractivity contribution in [2.75, 3.05) is 13.2 Å². The smallest absolute Gasteiger partial charge is 0.413 e. The van der Waals surface area contributed by atoms with Crippen molar-refractivity contribution < 1.29 is 23.9 Å². The van der Waals surface area contributed by atoms with E-state index in [1.807, 2.05) is 29.8 Å². The van der Waals surface area contributed by atoms with Crippen molar-refractivity contribution in [3.05, 3.63) is 46.5 Å². The third-order valence-corrected chi connectivity index (χ3v) is 5.23. The number of imide groups is 1. The third kappa shape index (κ3) is 6.16. The molecule has 0 aliphatic heterocycles. The van der Waals surface area contributed by atoms with Crippen molar-refractivity contribution in [3.8, 4) is 0 Å². The van der Waals surface area contributed by atoms with Crippen LogP contribution in [0.3, 0.4) is 0 Å². The number of rotatable bonds is 7. The van der Waals surface area contributed by atoms with E-state index in [0.717, 1.165) is 15.6 Å². The van der Waals surface area contributed by atoms with Gasteiger partial charge in [0.1, 0.15) is 4.34 Å². The molecule has 1 N–H and O–H groups in total. The van der Waals surface area contributed by atoms with E-state index in [0.29, 0.717) is 11.3 Å². The van der Waals surface area contributed by atoms with Crippen molar-refractivity contribution in [2.24, 2.45) is 0 Å². The van der Waals surface area contributed by atoms with E-state index in [1.54, 1.807) is 30.4 Å². The number of thiazole rings is 1. The molecule has 0 unspecified atom stereocenters. The molecule has 0 saturated heterocycles. The number of aryl methyl sites for hydroxylation is 1. The number of benzene rings is 1. The Balaban J connectivity index is 1.92. The fourth-order valence-electron chi connectivity index (χ4n) is 1.91. The lowest BCUT2D eigenvalue weighted by molar-refractivity contribution is -0.123. The summed E-state index contributed by atoms with van der Waals surface area (Å²) in [7, 11) is 0. The Hall–Kier alpha value is -2.39. The molecule has 0 spiro atoms. The summed E-state index contributed by atoms with van der Waals surface area (Å²) in [4.78, 5) is 39.3. The van der Waals surface area contributed by atoms with Crippen LogP contribution in [0, 0.1) is 6.92 Å². The minimum absolute atomic E-state index is 0.141. The molecule has 1 heterocycles. The van der Waals surface area contributed by atoms with Gasteiger partial charge in [0, 0.05) is 16.8 Å². The molecule has 0 radical (unpaired) electrons. The van der Waals surface area contributed by atoms with E-state index < -0.39 is 24.6 Å².